The molecule has 0 aliphatic rings. The van der Waals surface area contributed by atoms with Gasteiger partial charge in [-0.15, -0.1) is 6.58 Å². The Hall–Kier alpha value is -1.04. The molecule has 0 fully saturated rings. The quantitative estimate of drug-likeness (QED) is 0.317. The molecule has 0 aromatic carbocycles. The molecule has 0 N–H and O–H groups in total. The zero-order valence-electron chi connectivity index (χ0n) is 7.22. The molecule has 0 aromatic rings. The lowest BCUT2D eigenvalue weighted by molar-refractivity contribution is 1.04. The average Bonchev–Trinajstić information content (AvgIpc) is 2.01. The van der Waals surface area contributed by atoms with Crippen LogP contribution in [0, 0.1) is 0 Å². The molecule has 0 aliphatic heterocycles. The Kier molecular flexibility index (Phi) is 6.40. The smallest absolute Gasteiger partial charge is 0.0310 e. The van der Waals surface area contributed by atoms with Crippen molar-refractivity contribution >= 4 is 0 Å². The topological polar surface area (TPSA) is 0 Å². The van der Waals surface area contributed by atoms with Crippen molar-refractivity contribution in [1.29, 1.82) is 0 Å². The molecule has 11 heavy (non-hydrogen) atoms. The van der Waals surface area contributed by atoms with Gasteiger partial charge in [0.15, 0.2) is 0 Å². The van der Waals surface area contributed by atoms with Crippen LogP contribution < -0.4 is 0 Å². The Morgan fingerprint density at radius 2 is 2.00 bits per heavy atom. The summed E-state index contributed by atoms with van der Waals surface area (Å²) in [7, 11) is 0. The van der Waals surface area contributed by atoms with Crippen LogP contribution in [0.4, 0.5) is 0 Å². The van der Waals surface area contributed by atoms with Crippen LogP contribution >= 0.6 is 0 Å². The Morgan fingerprint density at radius 3 is 2.55 bits per heavy atom. The molecule has 0 bridgehead atoms. The van der Waals surface area contributed by atoms with E-state index in [2.05, 4.69) is 32.2 Å². The zero-order valence-corrected chi connectivity index (χ0v) is 7.22. The van der Waals surface area contributed by atoms with Gasteiger partial charge in [0.05, 0.1) is 0 Å². The summed E-state index contributed by atoms with van der Waals surface area (Å²) >= 11 is 0. The van der Waals surface area contributed by atoms with E-state index in [1.807, 2.05) is 12.2 Å². The average molecular weight is 148 g/mol. The largest absolute Gasteiger partial charge is 0.103 e. The molecule has 0 aromatic heterocycles. The molecule has 0 aliphatic carbocycles. The van der Waals surface area contributed by atoms with Gasteiger partial charge in [-0.05, 0) is 19.8 Å². The van der Waals surface area contributed by atoms with Crippen molar-refractivity contribution in [3.8, 4) is 0 Å². The predicted molar refractivity (Wildman–Crippen MR) is 52.5 cm³/mol. The van der Waals surface area contributed by atoms with Crippen LogP contribution in [-0.4, -0.2) is 0 Å². The minimum absolute atomic E-state index is 1.05. The number of unbranched alkanes of at least 4 members (excludes halogenated alkanes) is 1. The lowest BCUT2D eigenvalue weighted by Crippen LogP contribution is -1.69. The summed E-state index contributed by atoms with van der Waals surface area (Å²) in [5.41, 5.74) is 1.28. The van der Waals surface area contributed by atoms with Crippen LogP contribution in [0.5, 0.6) is 0 Å². The van der Waals surface area contributed by atoms with Crippen LogP contribution in [0.1, 0.15) is 19.8 Å². The van der Waals surface area contributed by atoms with E-state index in [-0.39, 0.29) is 0 Å². The summed E-state index contributed by atoms with van der Waals surface area (Å²) < 4.78 is 0. The monoisotopic (exact) mass is 148 g/mol. The van der Waals surface area contributed by atoms with Crippen molar-refractivity contribution in [2.24, 2.45) is 0 Å². The lowest BCUT2D eigenvalue weighted by atomic mass is 10.2. The fourth-order valence-electron chi connectivity index (χ4n) is 0.717. The van der Waals surface area contributed by atoms with Gasteiger partial charge < -0.3 is 0 Å². The SMILES string of the molecule is C=C/C=C\C(C)=C/CCC=C. The van der Waals surface area contributed by atoms with E-state index in [1.54, 1.807) is 6.08 Å². The maximum absolute atomic E-state index is 3.66. The molecule has 0 radical (unpaired) electrons. The zero-order chi connectivity index (χ0) is 8.53. The van der Waals surface area contributed by atoms with E-state index >= 15 is 0 Å². The number of hydrogen-bond donors (Lipinski definition) is 0. The van der Waals surface area contributed by atoms with Gasteiger partial charge in [-0.1, -0.05) is 42.5 Å². The third-order valence-corrected chi connectivity index (χ3v) is 1.33. The second-order valence-corrected chi connectivity index (χ2v) is 2.41. The normalized spacial score (nSPS) is 11.9. The van der Waals surface area contributed by atoms with Crippen LogP contribution in [0.2, 0.25) is 0 Å². The third kappa shape index (κ3) is 6.85. The van der Waals surface area contributed by atoms with Gasteiger partial charge in [0.1, 0.15) is 0 Å². The van der Waals surface area contributed by atoms with Gasteiger partial charge in [-0.2, -0.15) is 0 Å². The van der Waals surface area contributed by atoms with E-state index in [4.69, 9.17) is 0 Å². The van der Waals surface area contributed by atoms with Crippen molar-refractivity contribution in [3.63, 3.8) is 0 Å². The molecule has 0 nitrogen and oxygen atoms in total. The summed E-state index contributed by atoms with van der Waals surface area (Å²) in [6.07, 6.45) is 12.0. The number of allylic oxidation sites excluding steroid dienone is 6. The molecule has 60 valence electrons. The second kappa shape index (κ2) is 7.07. The van der Waals surface area contributed by atoms with Crippen LogP contribution in [0.3, 0.4) is 0 Å². The standard InChI is InChI=1S/C11H16/c1-4-6-8-10-11(3)9-7-5-2/h4-5,7,9-10H,1-2,6,8H2,3H3/b9-7-,11-10-. The fourth-order valence-corrected chi connectivity index (χ4v) is 0.717. The molecule has 0 rings (SSSR count). The van der Waals surface area contributed by atoms with E-state index < -0.39 is 0 Å². The Labute approximate surface area is 69.6 Å². The minimum atomic E-state index is 1.05. The highest BCUT2D eigenvalue weighted by Gasteiger charge is 1.79. The van der Waals surface area contributed by atoms with Crippen molar-refractivity contribution in [3.05, 3.63) is 49.1 Å². The molecular weight excluding hydrogens is 132 g/mol. The lowest BCUT2D eigenvalue weighted by Gasteiger charge is -1.89. The molecule has 0 amide bonds. The first kappa shape index (κ1) is 9.96. The van der Waals surface area contributed by atoms with Crippen molar-refractivity contribution in [1.82, 2.24) is 0 Å². The van der Waals surface area contributed by atoms with E-state index in [9.17, 15) is 0 Å². The Morgan fingerprint density at radius 1 is 1.27 bits per heavy atom. The molecule has 0 atom stereocenters. The van der Waals surface area contributed by atoms with Gasteiger partial charge >= 0.3 is 0 Å². The molecule has 0 saturated heterocycles. The van der Waals surface area contributed by atoms with Crippen LogP contribution in [0.25, 0.3) is 0 Å². The van der Waals surface area contributed by atoms with Gasteiger partial charge in [0, 0.05) is 0 Å². The fraction of sp³-hybridized carbons (Fsp3) is 0.273. The summed E-state index contributed by atoms with van der Waals surface area (Å²) in [5, 5.41) is 0. The maximum Gasteiger partial charge on any atom is -0.0310 e. The summed E-state index contributed by atoms with van der Waals surface area (Å²) in [6, 6.07) is 0. The van der Waals surface area contributed by atoms with E-state index in [0.717, 1.165) is 12.8 Å². The first-order valence-corrected chi connectivity index (χ1v) is 3.88. The van der Waals surface area contributed by atoms with E-state index in [1.165, 1.54) is 5.57 Å². The van der Waals surface area contributed by atoms with Crippen LogP contribution in [-0.2, 0) is 0 Å². The minimum Gasteiger partial charge on any atom is -0.103 e. The highest BCUT2D eigenvalue weighted by atomic mass is 13.9. The third-order valence-electron chi connectivity index (χ3n) is 1.33. The van der Waals surface area contributed by atoms with Crippen molar-refractivity contribution in [2.45, 2.75) is 19.8 Å². The second-order valence-electron chi connectivity index (χ2n) is 2.41. The summed E-state index contributed by atoms with van der Waals surface area (Å²) in [4.78, 5) is 0. The molecular formula is C11H16. The van der Waals surface area contributed by atoms with Gasteiger partial charge in [0.25, 0.3) is 0 Å². The molecule has 0 spiro atoms. The first-order chi connectivity index (χ1) is 5.31. The van der Waals surface area contributed by atoms with Gasteiger partial charge in [0.2, 0.25) is 0 Å². The highest BCUT2D eigenvalue weighted by molar-refractivity contribution is 5.19. The van der Waals surface area contributed by atoms with Gasteiger partial charge in [-0.25, -0.2) is 0 Å². The van der Waals surface area contributed by atoms with Crippen molar-refractivity contribution in [2.75, 3.05) is 0 Å². The van der Waals surface area contributed by atoms with Crippen molar-refractivity contribution < 1.29 is 0 Å². The van der Waals surface area contributed by atoms with Gasteiger partial charge in [-0.3, -0.25) is 0 Å². The first-order valence-electron chi connectivity index (χ1n) is 3.88. The van der Waals surface area contributed by atoms with E-state index in [0.29, 0.717) is 0 Å². The Balaban J connectivity index is 3.70. The summed E-state index contributed by atoms with van der Waals surface area (Å²) in [5.74, 6) is 0. The maximum atomic E-state index is 3.66. The Bertz CT molecular complexity index is 170. The predicted octanol–water partition coefficient (Wildman–Crippen LogP) is 3.64. The number of hydrogen-bond acceptors (Lipinski definition) is 0. The highest BCUT2D eigenvalue weighted by Crippen LogP contribution is 2.00. The van der Waals surface area contributed by atoms with Crippen LogP contribution in [0.15, 0.2) is 49.1 Å². The number of rotatable bonds is 5. The molecule has 0 heteroatoms. The molecule has 0 unspecified atom stereocenters. The molecule has 0 heterocycles. The summed E-state index contributed by atoms with van der Waals surface area (Å²) in [6.45, 7) is 9.34. The molecule has 0 saturated carbocycles.